The van der Waals surface area contributed by atoms with E-state index in [1.807, 2.05) is 109 Å². The number of carbonyl (C=O) groups is 1. The molecular weight excluding hydrogens is 855 g/mol. The number of esters is 1. The van der Waals surface area contributed by atoms with Crippen LogP contribution in [0.1, 0.15) is 6.92 Å². The second-order valence-corrected chi connectivity index (χ2v) is 12.0. The molecule has 0 radical (unpaired) electrons. The van der Waals surface area contributed by atoms with E-state index in [1.165, 1.54) is 22.3 Å². The molecule has 8 aromatic rings. The average molecular weight is 891 g/mol. The van der Waals surface area contributed by atoms with E-state index in [1.54, 1.807) is 37.6 Å². The van der Waals surface area contributed by atoms with E-state index in [-0.39, 0.29) is 20.1 Å². The second kappa shape index (κ2) is 20.6. The van der Waals surface area contributed by atoms with Gasteiger partial charge in [0.15, 0.2) is 0 Å². The Hall–Kier alpha value is -6.59. The molecule has 5 nitrogen and oxygen atoms in total. The third-order valence-electron chi connectivity index (χ3n) is 7.98. The molecule has 8 rings (SSSR count). The minimum atomic E-state index is -0.436. The van der Waals surface area contributed by atoms with Crippen molar-refractivity contribution in [3.05, 3.63) is 219 Å². The number of carbonyl (C=O) groups excluding carboxylic acids is 1. The first-order valence-electron chi connectivity index (χ1n) is 17.3. The number of nitrogens with zero attached hydrogens (tertiary/aromatic N) is 3. The zero-order valence-electron chi connectivity index (χ0n) is 30.1. The van der Waals surface area contributed by atoms with Gasteiger partial charge < -0.3 is 19.7 Å². The molecule has 3 heterocycles. The van der Waals surface area contributed by atoms with Gasteiger partial charge in [0.1, 0.15) is 0 Å². The maximum absolute atomic E-state index is 11.3. The van der Waals surface area contributed by atoms with Crippen molar-refractivity contribution in [3.8, 4) is 61.8 Å². The van der Waals surface area contributed by atoms with Crippen molar-refractivity contribution in [3.63, 3.8) is 0 Å². The summed E-state index contributed by atoms with van der Waals surface area (Å²) >= 11 is 0. The fourth-order valence-corrected chi connectivity index (χ4v) is 5.24. The fraction of sp³-hybridized carbons (Fsp3) is 0.0204. The molecule has 3 aromatic heterocycles. The molecule has 0 saturated heterocycles. The van der Waals surface area contributed by atoms with Gasteiger partial charge >= 0.3 is 26.1 Å². The summed E-state index contributed by atoms with van der Waals surface area (Å²) in [6, 6.07) is 65.1. The monoisotopic (exact) mass is 891 g/mol. The molecular formula is C49H36IrN3O2. The number of hydrogen-bond donors (Lipinski definition) is 0. The molecule has 268 valence electrons. The molecule has 55 heavy (non-hydrogen) atoms. The number of pyridine rings is 3. The quantitative estimate of drug-likeness (QED) is 0.0690. The van der Waals surface area contributed by atoms with E-state index in [0.717, 1.165) is 33.8 Å². The Balaban J connectivity index is 0.000000157. The third kappa shape index (κ3) is 11.7. The Morgan fingerprint density at radius 1 is 0.509 bits per heavy atom. The SMILES string of the molecule is C=C(C)C(=O)Oc1c[c-]c(-c2ccccn2)cc1.[Ir+3].[c-]1ccc(-c2ccccc2)cc1-c1ccccn1.[c-]1ccc(-c2ccccc2)cc1-c1ccccn1. The van der Waals surface area contributed by atoms with Crippen LogP contribution in [0.15, 0.2) is 201 Å². The van der Waals surface area contributed by atoms with E-state index in [4.69, 9.17) is 4.74 Å². The summed E-state index contributed by atoms with van der Waals surface area (Å²) in [6.07, 6.45) is 5.33. The van der Waals surface area contributed by atoms with Crippen molar-refractivity contribution in [2.75, 3.05) is 0 Å². The van der Waals surface area contributed by atoms with Gasteiger partial charge in [0, 0.05) is 29.9 Å². The van der Waals surface area contributed by atoms with Gasteiger partial charge in [0.05, 0.1) is 0 Å². The van der Waals surface area contributed by atoms with Gasteiger partial charge in [-0.05, 0) is 53.3 Å². The molecule has 0 amide bonds. The number of benzene rings is 5. The van der Waals surface area contributed by atoms with Crippen LogP contribution in [0.4, 0.5) is 0 Å². The van der Waals surface area contributed by atoms with Crippen LogP contribution >= 0.6 is 0 Å². The Kier molecular flexibility index (Phi) is 14.8. The van der Waals surface area contributed by atoms with Crippen LogP contribution in [-0.4, -0.2) is 20.9 Å². The molecule has 0 aliphatic carbocycles. The van der Waals surface area contributed by atoms with Gasteiger partial charge in [0.25, 0.3) is 0 Å². The summed E-state index contributed by atoms with van der Waals surface area (Å²) in [5.74, 6) is 0.0108. The molecule has 0 atom stereocenters. The predicted molar refractivity (Wildman–Crippen MR) is 217 cm³/mol. The summed E-state index contributed by atoms with van der Waals surface area (Å²) in [7, 11) is 0. The summed E-state index contributed by atoms with van der Waals surface area (Å²) in [5.41, 5.74) is 10.8. The Bertz CT molecular complexity index is 2150. The molecule has 0 bridgehead atoms. The predicted octanol–water partition coefficient (Wildman–Crippen LogP) is 11.5. The molecule has 0 unspecified atom stereocenters. The minimum Gasteiger partial charge on any atom is -0.471 e. The van der Waals surface area contributed by atoms with E-state index in [0.29, 0.717) is 11.3 Å². The average Bonchev–Trinajstić information content (AvgIpc) is 3.26. The van der Waals surface area contributed by atoms with Gasteiger partial charge in [-0.3, -0.25) is 0 Å². The van der Waals surface area contributed by atoms with Gasteiger partial charge in [-0.15, -0.1) is 101 Å². The third-order valence-corrected chi connectivity index (χ3v) is 7.98. The van der Waals surface area contributed by atoms with Crippen LogP contribution in [0.5, 0.6) is 5.75 Å². The van der Waals surface area contributed by atoms with Crippen molar-refractivity contribution in [2.24, 2.45) is 0 Å². The number of hydrogen-bond acceptors (Lipinski definition) is 5. The fourth-order valence-electron chi connectivity index (χ4n) is 5.24. The molecule has 0 spiro atoms. The molecule has 0 saturated carbocycles. The zero-order valence-corrected chi connectivity index (χ0v) is 32.5. The summed E-state index contributed by atoms with van der Waals surface area (Å²) in [5, 5.41) is 0. The van der Waals surface area contributed by atoms with Crippen molar-refractivity contribution in [1.29, 1.82) is 0 Å². The van der Waals surface area contributed by atoms with E-state index in [9.17, 15) is 4.79 Å². The molecule has 0 fully saturated rings. The first-order chi connectivity index (χ1) is 26.5. The van der Waals surface area contributed by atoms with Gasteiger partial charge in [0.2, 0.25) is 0 Å². The first-order valence-corrected chi connectivity index (χ1v) is 17.3. The number of rotatable bonds is 7. The Morgan fingerprint density at radius 3 is 1.33 bits per heavy atom. The van der Waals surface area contributed by atoms with E-state index in [2.05, 4.69) is 88.3 Å². The van der Waals surface area contributed by atoms with Gasteiger partial charge in [-0.2, -0.15) is 0 Å². The van der Waals surface area contributed by atoms with E-state index >= 15 is 0 Å². The smallest absolute Gasteiger partial charge is 0.471 e. The van der Waals surface area contributed by atoms with Gasteiger partial charge in [-0.25, -0.2) is 4.79 Å². The van der Waals surface area contributed by atoms with Crippen molar-refractivity contribution in [1.82, 2.24) is 15.0 Å². The van der Waals surface area contributed by atoms with Crippen LogP contribution in [0.25, 0.3) is 56.0 Å². The molecule has 0 aliphatic rings. The maximum Gasteiger partial charge on any atom is 3.00 e. The molecule has 0 aliphatic heterocycles. The maximum atomic E-state index is 11.3. The minimum absolute atomic E-state index is 0. The normalized spacial score (nSPS) is 9.91. The Morgan fingerprint density at radius 2 is 0.945 bits per heavy atom. The van der Waals surface area contributed by atoms with Crippen LogP contribution in [0, 0.1) is 18.2 Å². The summed E-state index contributed by atoms with van der Waals surface area (Å²) in [4.78, 5) is 24.2. The van der Waals surface area contributed by atoms with Crippen LogP contribution in [0.3, 0.4) is 0 Å². The topological polar surface area (TPSA) is 65.0 Å². The molecule has 0 N–H and O–H groups in total. The van der Waals surface area contributed by atoms with E-state index < -0.39 is 5.97 Å². The first kappa shape index (κ1) is 39.6. The van der Waals surface area contributed by atoms with Crippen molar-refractivity contribution < 1.29 is 29.6 Å². The Labute approximate surface area is 336 Å². The molecule has 5 aromatic carbocycles. The van der Waals surface area contributed by atoms with Crippen LogP contribution < -0.4 is 4.74 Å². The number of ether oxygens (including phenoxy) is 1. The number of aromatic nitrogens is 3. The van der Waals surface area contributed by atoms with Crippen molar-refractivity contribution in [2.45, 2.75) is 6.92 Å². The second-order valence-electron chi connectivity index (χ2n) is 12.0. The summed E-state index contributed by atoms with van der Waals surface area (Å²) < 4.78 is 5.08. The van der Waals surface area contributed by atoms with Gasteiger partial charge in [-0.1, -0.05) is 104 Å². The largest absolute Gasteiger partial charge is 3.00 e. The summed E-state index contributed by atoms with van der Waals surface area (Å²) in [6.45, 7) is 5.13. The molecule has 6 heteroatoms. The van der Waals surface area contributed by atoms with Crippen LogP contribution in [-0.2, 0) is 24.9 Å². The van der Waals surface area contributed by atoms with Crippen LogP contribution in [0.2, 0.25) is 0 Å². The standard InChI is InChI=1S/2C17H12N.C15H12NO2.Ir/c2*1-2-7-14(8-3-1)15-9-6-10-16(13-15)17-11-4-5-12-18-17;1-11(2)15(17)18-13-8-6-12(7-9-13)14-5-3-4-10-16-14;/h2*1-9,11-13H;3-6,8-10H,1H2,2H3;/q3*-1;+3. The zero-order chi connectivity index (χ0) is 37.4. The van der Waals surface area contributed by atoms with Crippen molar-refractivity contribution >= 4 is 5.97 Å².